The lowest BCUT2D eigenvalue weighted by Gasteiger charge is -2.26. The summed E-state index contributed by atoms with van der Waals surface area (Å²) in [5, 5.41) is 6.57. The summed E-state index contributed by atoms with van der Waals surface area (Å²) in [6, 6.07) is 19.1. The Morgan fingerprint density at radius 2 is 1.79 bits per heavy atom. The molecule has 1 atom stereocenters. The number of amides is 1. The first-order valence-electron chi connectivity index (χ1n) is 8.95. The summed E-state index contributed by atoms with van der Waals surface area (Å²) in [5.41, 5.74) is 4.01. The lowest BCUT2D eigenvalue weighted by Crippen LogP contribution is -2.33. The van der Waals surface area contributed by atoms with Gasteiger partial charge in [0.2, 0.25) is 5.91 Å². The second-order valence-corrected chi connectivity index (χ2v) is 6.45. The third-order valence-corrected chi connectivity index (χ3v) is 4.67. The molecule has 2 aromatic rings. The number of nitrogens with one attached hydrogen (secondary N) is 2. The molecule has 3 nitrogen and oxygen atoms in total. The highest BCUT2D eigenvalue weighted by Crippen LogP contribution is 2.29. The Balaban J connectivity index is 1.37. The molecule has 0 aliphatic heterocycles. The Bertz CT molecular complexity index is 654. The van der Waals surface area contributed by atoms with Gasteiger partial charge in [-0.3, -0.25) is 4.79 Å². The van der Waals surface area contributed by atoms with Crippen molar-refractivity contribution in [3.63, 3.8) is 0 Å². The van der Waals surface area contributed by atoms with Crippen molar-refractivity contribution in [2.45, 2.75) is 38.1 Å². The fraction of sp³-hybridized carbons (Fsp3) is 0.381. The van der Waals surface area contributed by atoms with Gasteiger partial charge >= 0.3 is 0 Å². The van der Waals surface area contributed by atoms with Gasteiger partial charge < -0.3 is 10.6 Å². The van der Waals surface area contributed by atoms with Gasteiger partial charge in [-0.2, -0.15) is 0 Å². The van der Waals surface area contributed by atoms with Crippen LogP contribution in [0.2, 0.25) is 0 Å². The van der Waals surface area contributed by atoms with Crippen molar-refractivity contribution >= 4 is 5.91 Å². The molecule has 126 valence electrons. The molecule has 3 heteroatoms. The highest BCUT2D eigenvalue weighted by atomic mass is 16.1. The van der Waals surface area contributed by atoms with E-state index in [1.807, 2.05) is 6.07 Å². The van der Waals surface area contributed by atoms with Crippen molar-refractivity contribution in [2.24, 2.45) is 0 Å². The van der Waals surface area contributed by atoms with E-state index in [-0.39, 0.29) is 11.9 Å². The summed E-state index contributed by atoms with van der Waals surface area (Å²) in [4.78, 5) is 12.2. The van der Waals surface area contributed by atoms with E-state index in [0.717, 1.165) is 38.8 Å². The highest BCUT2D eigenvalue weighted by Gasteiger charge is 2.20. The van der Waals surface area contributed by atoms with Crippen LogP contribution in [-0.2, 0) is 17.6 Å². The maximum absolute atomic E-state index is 12.2. The molecule has 3 rings (SSSR count). The number of aryl methyl sites for hydroxylation is 1. The van der Waals surface area contributed by atoms with Gasteiger partial charge in [0.25, 0.3) is 0 Å². The molecule has 0 spiro atoms. The molecular weight excluding hydrogens is 296 g/mol. The van der Waals surface area contributed by atoms with Crippen molar-refractivity contribution in [3.05, 3.63) is 71.3 Å². The Morgan fingerprint density at radius 1 is 1.00 bits per heavy atom. The number of rotatable bonds is 7. The largest absolute Gasteiger partial charge is 0.349 e. The van der Waals surface area contributed by atoms with E-state index in [0.29, 0.717) is 6.42 Å². The lowest BCUT2D eigenvalue weighted by atomic mass is 9.88. The van der Waals surface area contributed by atoms with Crippen LogP contribution >= 0.6 is 0 Å². The van der Waals surface area contributed by atoms with E-state index in [9.17, 15) is 4.79 Å². The van der Waals surface area contributed by atoms with Gasteiger partial charge in [0.15, 0.2) is 0 Å². The average molecular weight is 322 g/mol. The quantitative estimate of drug-likeness (QED) is 0.767. The van der Waals surface area contributed by atoms with Crippen LogP contribution in [0, 0.1) is 0 Å². The molecule has 1 amide bonds. The Kier molecular flexibility index (Phi) is 6.02. The van der Waals surface area contributed by atoms with Crippen molar-refractivity contribution in [2.75, 3.05) is 13.1 Å². The Hall–Kier alpha value is -2.13. The van der Waals surface area contributed by atoms with Crippen LogP contribution < -0.4 is 10.6 Å². The van der Waals surface area contributed by atoms with Crippen molar-refractivity contribution in [3.8, 4) is 0 Å². The summed E-state index contributed by atoms with van der Waals surface area (Å²) in [7, 11) is 0. The second-order valence-electron chi connectivity index (χ2n) is 6.45. The first-order valence-corrected chi connectivity index (χ1v) is 8.95. The van der Waals surface area contributed by atoms with E-state index in [2.05, 4.69) is 59.2 Å². The second kappa shape index (κ2) is 8.65. The van der Waals surface area contributed by atoms with Crippen LogP contribution in [0.5, 0.6) is 0 Å². The molecule has 0 bridgehead atoms. The van der Waals surface area contributed by atoms with E-state index < -0.39 is 0 Å². The predicted octanol–water partition coefficient (Wildman–Crippen LogP) is 3.40. The standard InChI is InChI=1S/C21H26N2O/c24-21(14-16-22-15-13-17-7-2-1-3-8-17)23-20-12-6-10-18-9-4-5-11-19(18)20/h1-5,7-9,11,20,22H,6,10,12-16H2,(H,23,24)/t20-/m0/s1. The summed E-state index contributed by atoms with van der Waals surface area (Å²) >= 11 is 0. The van der Waals surface area contributed by atoms with E-state index in [1.54, 1.807) is 0 Å². The fourth-order valence-corrected chi connectivity index (χ4v) is 3.37. The van der Waals surface area contributed by atoms with Crippen molar-refractivity contribution < 1.29 is 4.79 Å². The van der Waals surface area contributed by atoms with E-state index >= 15 is 0 Å². The molecule has 0 heterocycles. The fourth-order valence-electron chi connectivity index (χ4n) is 3.37. The average Bonchev–Trinajstić information content (AvgIpc) is 2.63. The molecule has 0 fully saturated rings. The SMILES string of the molecule is O=C(CCNCCc1ccccc1)N[C@H]1CCCc2ccccc21. The van der Waals surface area contributed by atoms with Crippen molar-refractivity contribution in [1.82, 2.24) is 10.6 Å². The molecule has 1 aliphatic rings. The van der Waals surface area contributed by atoms with E-state index in [4.69, 9.17) is 0 Å². The molecule has 0 radical (unpaired) electrons. The number of hydrogen-bond donors (Lipinski definition) is 2. The van der Waals surface area contributed by atoms with Crippen LogP contribution in [0.15, 0.2) is 54.6 Å². The molecule has 0 unspecified atom stereocenters. The van der Waals surface area contributed by atoms with Crippen LogP contribution in [0.1, 0.15) is 42.0 Å². The maximum Gasteiger partial charge on any atom is 0.221 e. The third kappa shape index (κ3) is 4.68. The number of fused-ring (bicyclic) bond motifs is 1. The molecule has 2 aromatic carbocycles. The Labute approximate surface area is 144 Å². The minimum absolute atomic E-state index is 0.143. The highest BCUT2D eigenvalue weighted by molar-refractivity contribution is 5.76. The van der Waals surface area contributed by atoms with Gasteiger partial charge in [0, 0.05) is 13.0 Å². The van der Waals surface area contributed by atoms with Gasteiger partial charge in [0.1, 0.15) is 0 Å². The normalized spacial score (nSPS) is 16.4. The Morgan fingerprint density at radius 3 is 2.67 bits per heavy atom. The number of benzene rings is 2. The van der Waals surface area contributed by atoms with Gasteiger partial charge in [-0.15, -0.1) is 0 Å². The molecule has 0 saturated heterocycles. The molecule has 0 aromatic heterocycles. The summed E-state index contributed by atoms with van der Waals surface area (Å²) in [6.07, 6.45) is 4.86. The first kappa shape index (κ1) is 16.7. The molecular formula is C21H26N2O. The van der Waals surface area contributed by atoms with Crippen LogP contribution in [0.4, 0.5) is 0 Å². The van der Waals surface area contributed by atoms with Crippen molar-refractivity contribution in [1.29, 1.82) is 0 Å². The van der Waals surface area contributed by atoms with Crippen LogP contribution in [0.3, 0.4) is 0 Å². The van der Waals surface area contributed by atoms with E-state index in [1.165, 1.54) is 16.7 Å². The molecule has 1 aliphatic carbocycles. The smallest absolute Gasteiger partial charge is 0.221 e. The minimum Gasteiger partial charge on any atom is -0.349 e. The lowest BCUT2D eigenvalue weighted by molar-refractivity contribution is -0.121. The number of carbonyl (C=O) groups is 1. The summed E-state index contributed by atoms with van der Waals surface area (Å²) < 4.78 is 0. The zero-order valence-electron chi connectivity index (χ0n) is 14.1. The van der Waals surface area contributed by atoms with Gasteiger partial charge in [-0.1, -0.05) is 54.6 Å². The minimum atomic E-state index is 0.143. The predicted molar refractivity (Wildman–Crippen MR) is 97.9 cm³/mol. The topological polar surface area (TPSA) is 41.1 Å². The summed E-state index contributed by atoms with van der Waals surface area (Å²) in [6.45, 7) is 1.64. The first-order chi connectivity index (χ1) is 11.8. The number of hydrogen-bond acceptors (Lipinski definition) is 2. The zero-order chi connectivity index (χ0) is 16.6. The van der Waals surface area contributed by atoms with Gasteiger partial charge in [-0.25, -0.2) is 0 Å². The van der Waals surface area contributed by atoms with Gasteiger partial charge in [0.05, 0.1) is 6.04 Å². The maximum atomic E-state index is 12.2. The van der Waals surface area contributed by atoms with Gasteiger partial charge in [-0.05, 0) is 48.9 Å². The molecule has 24 heavy (non-hydrogen) atoms. The number of carbonyl (C=O) groups excluding carboxylic acids is 1. The molecule has 0 saturated carbocycles. The summed E-state index contributed by atoms with van der Waals surface area (Å²) in [5.74, 6) is 0.143. The molecule has 2 N–H and O–H groups in total. The van der Waals surface area contributed by atoms with Crippen LogP contribution in [0.25, 0.3) is 0 Å². The zero-order valence-corrected chi connectivity index (χ0v) is 14.1. The van der Waals surface area contributed by atoms with Crippen LogP contribution in [-0.4, -0.2) is 19.0 Å². The third-order valence-electron chi connectivity index (χ3n) is 4.67. The monoisotopic (exact) mass is 322 g/mol.